The van der Waals surface area contributed by atoms with Crippen LogP contribution in [0.2, 0.25) is 0 Å². The highest BCUT2D eigenvalue weighted by Gasteiger charge is 2.19. The first kappa shape index (κ1) is 11.0. The molecule has 14 heavy (non-hydrogen) atoms. The Morgan fingerprint density at radius 3 is 2.71 bits per heavy atom. The van der Waals surface area contributed by atoms with Gasteiger partial charge in [-0.25, -0.2) is 13.8 Å². The van der Waals surface area contributed by atoms with E-state index in [1.165, 1.54) is 6.07 Å². The molecule has 0 saturated carbocycles. The molecule has 1 rings (SSSR count). The zero-order chi connectivity index (χ0) is 10.7. The number of rotatable bonds is 2. The SMILES string of the molecule is N#Cc1cc(I)nc(C=O)c1C(F)F. The maximum Gasteiger partial charge on any atom is 0.267 e. The van der Waals surface area contributed by atoms with Gasteiger partial charge >= 0.3 is 0 Å². The number of aromatic nitrogens is 1. The number of halogens is 3. The number of aldehydes is 1. The van der Waals surface area contributed by atoms with E-state index in [0.717, 1.165) is 0 Å². The third-order valence-electron chi connectivity index (χ3n) is 1.51. The van der Waals surface area contributed by atoms with E-state index in [9.17, 15) is 13.6 Å². The van der Waals surface area contributed by atoms with Crippen LogP contribution in [-0.2, 0) is 0 Å². The topological polar surface area (TPSA) is 53.8 Å². The minimum Gasteiger partial charge on any atom is -0.296 e. The molecule has 0 amide bonds. The molecule has 0 aromatic carbocycles. The zero-order valence-electron chi connectivity index (χ0n) is 6.67. The predicted molar refractivity (Wildman–Crippen MR) is 52.0 cm³/mol. The van der Waals surface area contributed by atoms with Gasteiger partial charge in [0.25, 0.3) is 6.43 Å². The Balaban J connectivity index is 3.50. The molecule has 1 heterocycles. The lowest BCUT2D eigenvalue weighted by atomic mass is 10.1. The van der Waals surface area contributed by atoms with E-state index >= 15 is 0 Å². The minimum absolute atomic E-state index is 0.207. The Morgan fingerprint density at radius 2 is 2.29 bits per heavy atom. The molecule has 1 aromatic rings. The summed E-state index contributed by atoms with van der Waals surface area (Å²) in [6.45, 7) is 0. The van der Waals surface area contributed by atoms with Crippen molar-refractivity contribution in [2.24, 2.45) is 0 Å². The van der Waals surface area contributed by atoms with E-state index in [4.69, 9.17) is 5.26 Å². The molecule has 3 nitrogen and oxygen atoms in total. The third-order valence-corrected chi connectivity index (χ3v) is 2.06. The second kappa shape index (κ2) is 4.41. The van der Waals surface area contributed by atoms with Gasteiger partial charge in [-0.2, -0.15) is 5.26 Å². The summed E-state index contributed by atoms with van der Waals surface area (Å²) in [5.74, 6) is 0. The average Bonchev–Trinajstić information content (AvgIpc) is 2.15. The number of nitrogens with zero attached hydrogens (tertiary/aromatic N) is 2. The van der Waals surface area contributed by atoms with Gasteiger partial charge in [0.05, 0.1) is 17.2 Å². The van der Waals surface area contributed by atoms with Crippen molar-refractivity contribution < 1.29 is 13.6 Å². The summed E-state index contributed by atoms with van der Waals surface area (Å²) in [6.07, 6.45) is -2.64. The van der Waals surface area contributed by atoms with Crippen molar-refractivity contribution in [3.8, 4) is 6.07 Å². The monoisotopic (exact) mass is 308 g/mol. The Labute approximate surface area is 91.9 Å². The van der Waals surface area contributed by atoms with E-state index < -0.39 is 12.0 Å². The fraction of sp³-hybridized carbons (Fsp3) is 0.125. The highest BCUT2D eigenvalue weighted by Crippen LogP contribution is 2.25. The van der Waals surface area contributed by atoms with E-state index in [-0.39, 0.29) is 17.5 Å². The van der Waals surface area contributed by atoms with Crippen molar-refractivity contribution in [3.05, 3.63) is 26.6 Å². The van der Waals surface area contributed by atoms with Crippen LogP contribution in [0.3, 0.4) is 0 Å². The van der Waals surface area contributed by atoms with Gasteiger partial charge in [-0.15, -0.1) is 0 Å². The third kappa shape index (κ3) is 2.04. The molecule has 0 bridgehead atoms. The Kier molecular flexibility index (Phi) is 3.46. The lowest BCUT2D eigenvalue weighted by Crippen LogP contribution is -2.02. The zero-order valence-corrected chi connectivity index (χ0v) is 8.83. The first-order valence-electron chi connectivity index (χ1n) is 3.44. The van der Waals surface area contributed by atoms with Gasteiger partial charge in [0.15, 0.2) is 6.29 Å². The van der Waals surface area contributed by atoms with Crippen LogP contribution in [0.15, 0.2) is 6.07 Å². The fourth-order valence-electron chi connectivity index (χ4n) is 0.954. The molecule has 0 saturated heterocycles. The summed E-state index contributed by atoms with van der Waals surface area (Å²) < 4.78 is 25.2. The molecule has 0 radical (unpaired) electrons. The van der Waals surface area contributed by atoms with Gasteiger partial charge in [-0.05, 0) is 28.7 Å². The molecular formula is C8H3F2IN2O. The Bertz CT molecular complexity index is 415. The number of hydrogen-bond donors (Lipinski definition) is 0. The van der Waals surface area contributed by atoms with Crippen molar-refractivity contribution >= 4 is 28.9 Å². The fourth-order valence-corrected chi connectivity index (χ4v) is 1.53. The van der Waals surface area contributed by atoms with Gasteiger partial charge in [-0.3, -0.25) is 4.79 Å². The van der Waals surface area contributed by atoms with Crippen molar-refractivity contribution in [1.82, 2.24) is 4.98 Å². The summed E-state index contributed by atoms with van der Waals surface area (Å²) in [5, 5.41) is 8.58. The molecule has 6 heteroatoms. The summed E-state index contributed by atoms with van der Waals surface area (Å²) in [6, 6.07) is 2.83. The first-order chi connectivity index (χ1) is 6.60. The van der Waals surface area contributed by atoms with Crippen molar-refractivity contribution in [3.63, 3.8) is 0 Å². The molecule has 0 aliphatic rings. The van der Waals surface area contributed by atoms with Crippen LogP contribution in [0.1, 0.15) is 28.0 Å². The van der Waals surface area contributed by atoms with Crippen LogP contribution in [0.5, 0.6) is 0 Å². The first-order valence-corrected chi connectivity index (χ1v) is 4.52. The lowest BCUT2D eigenvalue weighted by Gasteiger charge is -2.05. The summed E-state index contributed by atoms with van der Waals surface area (Å²) >= 11 is 1.75. The standard InChI is InChI=1S/C8H3F2IN2O/c9-8(10)7-4(2-12)1-6(11)13-5(7)3-14/h1,3,8H. The maximum atomic E-state index is 12.4. The molecule has 1 aromatic heterocycles. The predicted octanol–water partition coefficient (Wildman–Crippen LogP) is 2.31. The van der Waals surface area contributed by atoms with Crippen molar-refractivity contribution in [2.45, 2.75) is 6.43 Å². The molecule has 0 atom stereocenters. The van der Waals surface area contributed by atoms with E-state index in [1.54, 1.807) is 28.7 Å². The van der Waals surface area contributed by atoms with Gasteiger partial charge in [0, 0.05) is 0 Å². The smallest absolute Gasteiger partial charge is 0.267 e. The number of carbonyl (C=O) groups is 1. The largest absolute Gasteiger partial charge is 0.296 e. The number of pyridine rings is 1. The van der Waals surface area contributed by atoms with Crippen LogP contribution in [0, 0.1) is 15.0 Å². The maximum absolute atomic E-state index is 12.4. The summed E-state index contributed by atoms with van der Waals surface area (Å²) in [5.41, 5.74) is -1.17. The Morgan fingerprint density at radius 1 is 1.64 bits per heavy atom. The number of hydrogen-bond acceptors (Lipinski definition) is 3. The molecule has 0 fully saturated rings. The van der Waals surface area contributed by atoms with Crippen molar-refractivity contribution in [1.29, 1.82) is 5.26 Å². The quantitative estimate of drug-likeness (QED) is 0.478. The molecule has 0 spiro atoms. The van der Waals surface area contributed by atoms with Gasteiger partial charge < -0.3 is 0 Å². The second-order valence-corrected chi connectivity index (χ2v) is 3.43. The normalized spacial score (nSPS) is 9.93. The molecule has 0 aliphatic carbocycles. The molecule has 0 unspecified atom stereocenters. The second-order valence-electron chi connectivity index (χ2n) is 2.32. The lowest BCUT2D eigenvalue weighted by molar-refractivity contribution is 0.110. The van der Waals surface area contributed by atoms with Gasteiger partial charge in [0.2, 0.25) is 0 Å². The van der Waals surface area contributed by atoms with Gasteiger partial charge in [-0.1, -0.05) is 0 Å². The number of alkyl halides is 2. The molecule has 0 aliphatic heterocycles. The van der Waals surface area contributed by atoms with Crippen LogP contribution < -0.4 is 0 Å². The summed E-state index contributed by atoms with van der Waals surface area (Å²) in [7, 11) is 0. The highest BCUT2D eigenvalue weighted by molar-refractivity contribution is 14.1. The molecule has 0 N–H and O–H groups in total. The minimum atomic E-state index is -2.87. The van der Waals surface area contributed by atoms with Crippen LogP contribution >= 0.6 is 22.6 Å². The van der Waals surface area contributed by atoms with Crippen LogP contribution in [0.4, 0.5) is 8.78 Å². The number of nitriles is 1. The highest BCUT2D eigenvalue weighted by atomic mass is 127. The van der Waals surface area contributed by atoms with Crippen LogP contribution in [-0.4, -0.2) is 11.3 Å². The summed E-state index contributed by atoms with van der Waals surface area (Å²) in [4.78, 5) is 14.1. The van der Waals surface area contributed by atoms with Crippen LogP contribution in [0.25, 0.3) is 0 Å². The van der Waals surface area contributed by atoms with E-state index in [0.29, 0.717) is 3.70 Å². The molecule has 72 valence electrons. The van der Waals surface area contributed by atoms with Gasteiger partial charge in [0.1, 0.15) is 9.39 Å². The van der Waals surface area contributed by atoms with E-state index in [2.05, 4.69) is 4.98 Å². The number of carbonyl (C=O) groups excluding carboxylic acids is 1. The average molecular weight is 308 g/mol. The molecular weight excluding hydrogens is 305 g/mol. The Hall–Kier alpha value is -1.10. The van der Waals surface area contributed by atoms with E-state index in [1.807, 2.05) is 0 Å². The van der Waals surface area contributed by atoms with Crippen molar-refractivity contribution in [2.75, 3.05) is 0 Å².